The number of carboxylic acids is 1. The van der Waals surface area contributed by atoms with E-state index in [1.165, 1.54) is 0 Å². The summed E-state index contributed by atoms with van der Waals surface area (Å²) in [6, 6.07) is 0. The van der Waals surface area contributed by atoms with Gasteiger partial charge in [0.05, 0.1) is 24.2 Å². The summed E-state index contributed by atoms with van der Waals surface area (Å²) in [4.78, 5) is 23.0. The molecule has 0 aromatic heterocycles. The molecule has 0 saturated heterocycles. The normalized spacial score (nSPS) is 30.3. The number of hydrogen-bond acceptors (Lipinski definition) is 7. The van der Waals surface area contributed by atoms with Crippen LogP contribution in [0.15, 0.2) is 23.8 Å². The zero-order valence-electron chi connectivity index (χ0n) is 19.1. The van der Waals surface area contributed by atoms with E-state index in [4.69, 9.17) is 4.74 Å². The Morgan fingerprint density at radius 3 is 2.58 bits per heavy atom. The zero-order valence-corrected chi connectivity index (χ0v) is 21.1. The first-order valence-electron chi connectivity index (χ1n) is 11.0. The first-order chi connectivity index (χ1) is 14.1. The molecule has 0 amide bonds. The number of fused-ring (bicyclic) bond motifs is 1. The molecule has 2 aliphatic rings. The van der Waals surface area contributed by atoms with Crippen molar-refractivity contribution in [2.75, 3.05) is 0 Å². The number of esters is 1. The summed E-state index contributed by atoms with van der Waals surface area (Å²) >= 11 is 0. The molecule has 31 heavy (non-hydrogen) atoms. The van der Waals surface area contributed by atoms with Crippen LogP contribution in [-0.2, 0) is 14.3 Å². The number of rotatable bonds is 10. The number of carboxylic acid groups (broad SMARTS) is 1. The summed E-state index contributed by atoms with van der Waals surface area (Å²) in [5, 5.41) is 40.8. The quantitative estimate of drug-likeness (QED) is 0.265. The Morgan fingerprint density at radius 2 is 1.97 bits per heavy atom. The van der Waals surface area contributed by atoms with Crippen LogP contribution in [0.1, 0.15) is 59.3 Å². The minimum Gasteiger partial charge on any atom is -0.550 e. The molecular formula is C23H35NaO7. The van der Waals surface area contributed by atoms with E-state index in [9.17, 15) is 30.0 Å². The van der Waals surface area contributed by atoms with Crippen LogP contribution in [-0.4, -0.2) is 51.7 Å². The molecular weight excluding hydrogens is 411 g/mol. The molecule has 0 fully saturated rings. The van der Waals surface area contributed by atoms with Gasteiger partial charge >= 0.3 is 35.5 Å². The van der Waals surface area contributed by atoms with Crippen LogP contribution in [0.3, 0.4) is 0 Å². The third kappa shape index (κ3) is 8.30. The molecule has 0 aromatic carbocycles. The topological polar surface area (TPSA) is 127 Å². The Hall–Kier alpha value is -0.700. The second-order valence-corrected chi connectivity index (χ2v) is 8.86. The van der Waals surface area contributed by atoms with Gasteiger partial charge in [-0.2, -0.15) is 0 Å². The first kappa shape index (κ1) is 28.3. The van der Waals surface area contributed by atoms with Gasteiger partial charge in [-0.25, -0.2) is 0 Å². The number of aliphatic carboxylic acids is 1. The maximum absolute atomic E-state index is 12.4. The Kier molecular flexibility index (Phi) is 12.0. The van der Waals surface area contributed by atoms with Gasteiger partial charge in [0.15, 0.2) is 0 Å². The molecule has 0 saturated carbocycles. The smallest absolute Gasteiger partial charge is 0.550 e. The van der Waals surface area contributed by atoms with Crippen LogP contribution in [0.25, 0.3) is 0 Å². The monoisotopic (exact) mass is 446 g/mol. The van der Waals surface area contributed by atoms with E-state index in [0.29, 0.717) is 25.7 Å². The summed E-state index contributed by atoms with van der Waals surface area (Å²) in [6.45, 7) is 5.83. The van der Waals surface area contributed by atoms with E-state index < -0.39 is 36.8 Å². The van der Waals surface area contributed by atoms with Crippen molar-refractivity contribution in [3.63, 3.8) is 0 Å². The predicted molar refractivity (Wildman–Crippen MR) is 109 cm³/mol. The molecule has 0 aliphatic heterocycles. The molecule has 0 bridgehead atoms. The largest absolute Gasteiger partial charge is 1.00 e. The van der Waals surface area contributed by atoms with Gasteiger partial charge in [0.2, 0.25) is 0 Å². The molecule has 8 heteroatoms. The van der Waals surface area contributed by atoms with E-state index in [2.05, 4.69) is 13.0 Å². The molecule has 2 rings (SSSR count). The van der Waals surface area contributed by atoms with Crippen molar-refractivity contribution in [2.24, 2.45) is 23.7 Å². The van der Waals surface area contributed by atoms with Crippen molar-refractivity contribution in [1.82, 2.24) is 0 Å². The second-order valence-electron chi connectivity index (χ2n) is 8.86. The predicted octanol–water partition coefficient (Wildman–Crippen LogP) is -1.89. The molecule has 0 radical (unpaired) electrons. The third-order valence-electron chi connectivity index (χ3n) is 6.43. The number of carbonyl (C=O) groups is 2. The van der Waals surface area contributed by atoms with Crippen molar-refractivity contribution in [2.45, 2.75) is 83.7 Å². The molecule has 0 heterocycles. The van der Waals surface area contributed by atoms with Gasteiger partial charge < -0.3 is 30.0 Å². The van der Waals surface area contributed by atoms with Crippen LogP contribution in [0.4, 0.5) is 0 Å². The van der Waals surface area contributed by atoms with Crippen molar-refractivity contribution in [3.05, 3.63) is 23.8 Å². The molecule has 8 atom stereocenters. The van der Waals surface area contributed by atoms with Crippen molar-refractivity contribution in [1.29, 1.82) is 0 Å². The van der Waals surface area contributed by atoms with Gasteiger partial charge in [-0.3, -0.25) is 4.79 Å². The number of allylic oxidation sites excluding steroid dienone is 2. The molecule has 7 nitrogen and oxygen atoms in total. The van der Waals surface area contributed by atoms with Crippen molar-refractivity contribution < 1.29 is 64.3 Å². The summed E-state index contributed by atoms with van der Waals surface area (Å²) < 4.78 is 5.83. The number of hydrogen-bond donors (Lipinski definition) is 3. The SMILES string of the molecule is CC[C@H](C)C(=O)O[C@H]1C[C@H](O)C=C2C=C[C@H](C)[C@H](CC[C@@H](O)C[C@@H](O)CC(=O)[O-])C21.[Na+]. The minimum absolute atomic E-state index is 0. The molecule has 3 N–H and O–H groups in total. The van der Waals surface area contributed by atoms with E-state index in [0.717, 1.165) is 5.57 Å². The number of aliphatic hydroxyl groups is 3. The molecule has 1 unspecified atom stereocenters. The first-order valence-corrected chi connectivity index (χ1v) is 11.0. The van der Waals surface area contributed by atoms with Gasteiger partial charge in [-0.1, -0.05) is 39.0 Å². The third-order valence-corrected chi connectivity index (χ3v) is 6.43. The summed E-state index contributed by atoms with van der Waals surface area (Å²) in [5.74, 6) is -1.60. The van der Waals surface area contributed by atoms with E-state index in [-0.39, 0.29) is 65.6 Å². The standard InChI is InChI=1S/C23H36O7.Na/c1-4-13(2)23(29)30-20-11-17(25)9-15-6-5-14(3)19(22(15)20)8-7-16(24)10-18(26)12-21(27)28;/h5-6,9,13-14,16-20,22,24-26H,4,7-8,10-12H2,1-3H3,(H,27,28);/q;+1/p-1/t13-,14-,16+,17+,18+,19-,20-,22?;/m0./s1. The number of aliphatic hydroxyl groups excluding tert-OH is 3. The molecule has 0 aromatic rings. The van der Waals surface area contributed by atoms with Crippen LogP contribution in [0.2, 0.25) is 0 Å². The molecule has 2 aliphatic carbocycles. The van der Waals surface area contributed by atoms with Gasteiger partial charge in [-0.05, 0) is 43.1 Å². The summed E-state index contributed by atoms with van der Waals surface area (Å²) in [6.07, 6.45) is 4.31. The van der Waals surface area contributed by atoms with E-state index in [1.54, 1.807) is 0 Å². The maximum Gasteiger partial charge on any atom is 1.00 e. The van der Waals surface area contributed by atoms with Gasteiger partial charge in [0, 0.05) is 24.7 Å². The number of ether oxygens (including phenoxy) is 1. The van der Waals surface area contributed by atoms with Crippen molar-refractivity contribution in [3.8, 4) is 0 Å². The van der Waals surface area contributed by atoms with Crippen molar-refractivity contribution >= 4 is 11.9 Å². The number of carbonyl (C=O) groups excluding carboxylic acids is 2. The fourth-order valence-corrected chi connectivity index (χ4v) is 4.51. The van der Waals surface area contributed by atoms with E-state index in [1.807, 2.05) is 26.0 Å². The fraction of sp³-hybridized carbons (Fsp3) is 0.739. The average molecular weight is 447 g/mol. The van der Waals surface area contributed by atoms with E-state index >= 15 is 0 Å². The van der Waals surface area contributed by atoms with Gasteiger partial charge in [-0.15, -0.1) is 0 Å². The minimum atomic E-state index is -1.35. The van der Waals surface area contributed by atoms with Gasteiger partial charge in [0.25, 0.3) is 0 Å². The second kappa shape index (κ2) is 13.1. The Labute approximate surface area is 206 Å². The van der Waals surface area contributed by atoms with Gasteiger partial charge in [0.1, 0.15) is 6.10 Å². The maximum atomic E-state index is 12.4. The van der Waals surface area contributed by atoms with Crippen LogP contribution in [0, 0.1) is 23.7 Å². The zero-order chi connectivity index (χ0) is 22.4. The Morgan fingerprint density at radius 1 is 1.29 bits per heavy atom. The Balaban J connectivity index is 0.00000480. The van der Waals surface area contributed by atoms with Crippen LogP contribution in [0.5, 0.6) is 0 Å². The Bertz CT molecular complexity index is 662. The van der Waals surface area contributed by atoms with Crippen LogP contribution >= 0.6 is 0 Å². The molecule has 170 valence electrons. The summed E-state index contributed by atoms with van der Waals surface area (Å²) in [5.41, 5.74) is 0.949. The summed E-state index contributed by atoms with van der Waals surface area (Å²) in [7, 11) is 0. The average Bonchev–Trinajstić information content (AvgIpc) is 2.65. The fourth-order valence-electron chi connectivity index (χ4n) is 4.51. The molecule has 0 spiro atoms. The van der Waals surface area contributed by atoms with Crippen LogP contribution < -0.4 is 34.7 Å².